The second kappa shape index (κ2) is 5.26. The van der Waals surface area contributed by atoms with E-state index in [9.17, 15) is 9.18 Å². The number of rotatable bonds is 5. The van der Waals surface area contributed by atoms with Crippen molar-refractivity contribution in [1.29, 1.82) is 0 Å². The third kappa shape index (κ3) is 2.89. The Morgan fingerprint density at radius 2 is 2.27 bits per heavy atom. The van der Waals surface area contributed by atoms with Gasteiger partial charge in [-0.05, 0) is 6.07 Å². The average molecular weight is 210 g/mol. The summed E-state index contributed by atoms with van der Waals surface area (Å²) in [6.07, 6.45) is 0.126. The molecule has 0 amide bonds. The fourth-order valence-electron chi connectivity index (χ4n) is 1.15. The lowest BCUT2D eigenvalue weighted by Gasteiger charge is -2.13. The smallest absolute Gasteiger partial charge is 0.337 e. The minimum Gasteiger partial charge on any atom is -0.479 e. The van der Waals surface area contributed by atoms with E-state index in [1.165, 1.54) is 24.3 Å². The van der Waals surface area contributed by atoms with Gasteiger partial charge in [0.05, 0.1) is 6.61 Å². The van der Waals surface area contributed by atoms with Gasteiger partial charge in [-0.15, -0.1) is 6.58 Å². The highest BCUT2D eigenvalue weighted by atomic mass is 19.1. The molecule has 0 saturated heterocycles. The number of halogens is 1. The molecule has 0 aliphatic carbocycles. The van der Waals surface area contributed by atoms with E-state index in [-0.39, 0.29) is 12.2 Å². The predicted octanol–water partition coefficient (Wildman–Crippen LogP) is 2.15. The molecule has 0 heterocycles. The highest BCUT2D eigenvalue weighted by Gasteiger charge is 2.22. The Labute approximate surface area is 86.8 Å². The number of benzene rings is 1. The van der Waals surface area contributed by atoms with E-state index in [0.29, 0.717) is 0 Å². The summed E-state index contributed by atoms with van der Waals surface area (Å²) >= 11 is 0. The fourth-order valence-corrected chi connectivity index (χ4v) is 1.15. The molecule has 0 saturated carbocycles. The van der Waals surface area contributed by atoms with Crippen molar-refractivity contribution in [2.45, 2.75) is 6.10 Å². The van der Waals surface area contributed by atoms with Crippen LogP contribution in [0, 0.1) is 5.82 Å². The SMILES string of the molecule is C=CCOC(C(=O)O)c1ccccc1F. The molecule has 0 aliphatic rings. The van der Waals surface area contributed by atoms with Gasteiger partial charge in [0, 0.05) is 5.56 Å². The molecule has 3 nitrogen and oxygen atoms in total. The monoisotopic (exact) mass is 210 g/mol. The first-order valence-electron chi connectivity index (χ1n) is 4.36. The van der Waals surface area contributed by atoms with Crippen molar-refractivity contribution in [3.63, 3.8) is 0 Å². The van der Waals surface area contributed by atoms with E-state index in [0.717, 1.165) is 0 Å². The summed E-state index contributed by atoms with van der Waals surface area (Å²) in [5.41, 5.74) is 0.0202. The van der Waals surface area contributed by atoms with E-state index >= 15 is 0 Å². The number of ether oxygens (including phenoxy) is 1. The van der Waals surface area contributed by atoms with Crippen molar-refractivity contribution < 1.29 is 19.0 Å². The lowest BCUT2D eigenvalue weighted by atomic mass is 10.1. The largest absolute Gasteiger partial charge is 0.479 e. The van der Waals surface area contributed by atoms with E-state index in [2.05, 4.69) is 6.58 Å². The molecular formula is C11H11FO3. The van der Waals surface area contributed by atoms with Crippen molar-refractivity contribution in [3.8, 4) is 0 Å². The van der Waals surface area contributed by atoms with E-state index in [4.69, 9.17) is 9.84 Å². The van der Waals surface area contributed by atoms with Crippen molar-refractivity contribution in [2.24, 2.45) is 0 Å². The third-order valence-corrected chi connectivity index (χ3v) is 1.79. The molecule has 0 bridgehead atoms. The molecule has 80 valence electrons. The molecule has 4 heteroatoms. The lowest BCUT2D eigenvalue weighted by Crippen LogP contribution is -2.16. The van der Waals surface area contributed by atoms with Gasteiger partial charge in [-0.3, -0.25) is 0 Å². The van der Waals surface area contributed by atoms with Crippen LogP contribution in [0.5, 0.6) is 0 Å². The summed E-state index contributed by atoms with van der Waals surface area (Å²) < 4.78 is 18.2. The van der Waals surface area contributed by atoms with Crippen LogP contribution in [0.3, 0.4) is 0 Å². The average Bonchev–Trinajstić information content (AvgIpc) is 2.20. The number of carbonyl (C=O) groups is 1. The summed E-state index contributed by atoms with van der Waals surface area (Å²) in [4.78, 5) is 10.8. The van der Waals surface area contributed by atoms with Gasteiger partial charge in [-0.25, -0.2) is 9.18 Å². The molecule has 0 aromatic heterocycles. The first kappa shape index (κ1) is 11.4. The maximum Gasteiger partial charge on any atom is 0.337 e. The first-order chi connectivity index (χ1) is 7.16. The molecule has 0 radical (unpaired) electrons. The van der Waals surface area contributed by atoms with Crippen LogP contribution >= 0.6 is 0 Å². The highest BCUT2D eigenvalue weighted by molar-refractivity contribution is 5.74. The zero-order valence-electron chi connectivity index (χ0n) is 8.02. The summed E-state index contributed by atoms with van der Waals surface area (Å²) in [6.45, 7) is 3.46. The molecule has 1 aromatic carbocycles. The zero-order valence-corrected chi connectivity index (χ0v) is 8.02. The van der Waals surface area contributed by atoms with Crippen LogP contribution in [-0.4, -0.2) is 17.7 Å². The maximum atomic E-state index is 13.3. The standard InChI is InChI=1S/C11H11FO3/c1-2-7-15-10(11(13)14)8-5-3-4-6-9(8)12/h2-6,10H,1,7H2,(H,13,14). The minimum atomic E-state index is -1.29. The van der Waals surface area contributed by atoms with Gasteiger partial charge >= 0.3 is 5.97 Å². The molecular weight excluding hydrogens is 199 g/mol. The predicted molar refractivity (Wildman–Crippen MR) is 52.9 cm³/mol. The summed E-state index contributed by atoms with van der Waals surface area (Å²) in [5.74, 6) is -1.81. The van der Waals surface area contributed by atoms with Gasteiger partial charge in [0.2, 0.25) is 0 Å². The summed E-state index contributed by atoms with van der Waals surface area (Å²) in [6, 6.07) is 5.64. The van der Waals surface area contributed by atoms with Crippen LogP contribution in [0.15, 0.2) is 36.9 Å². The fraction of sp³-hybridized carbons (Fsp3) is 0.182. The van der Waals surface area contributed by atoms with E-state index in [1.54, 1.807) is 6.07 Å². The molecule has 1 rings (SSSR count). The Hall–Kier alpha value is -1.68. The number of carboxylic acids is 1. The van der Waals surface area contributed by atoms with Crippen LogP contribution in [0.2, 0.25) is 0 Å². The van der Waals surface area contributed by atoms with Crippen LogP contribution in [-0.2, 0) is 9.53 Å². The molecule has 0 fully saturated rings. The van der Waals surface area contributed by atoms with Crippen LogP contribution < -0.4 is 0 Å². The van der Waals surface area contributed by atoms with Gasteiger partial charge in [0.1, 0.15) is 5.82 Å². The Morgan fingerprint density at radius 3 is 2.80 bits per heavy atom. The normalized spacial score (nSPS) is 12.1. The Bertz CT molecular complexity index is 363. The van der Waals surface area contributed by atoms with Gasteiger partial charge < -0.3 is 9.84 Å². The summed E-state index contributed by atoms with van der Waals surface area (Å²) in [7, 11) is 0. The van der Waals surface area contributed by atoms with Crippen LogP contribution in [0.4, 0.5) is 4.39 Å². The zero-order chi connectivity index (χ0) is 11.3. The molecule has 15 heavy (non-hydrogen) atoms. The molecule has 0 spiro atoms. The molecule has 0 aliphatic heterocycles. The van der Waals surface area contributed by atoms with Crippen LogP contribution in [0.1, 0.15) is 11.7 Å². The Morgan fingerprint density at radius 1 is 1.60 bits per heavy atom. The topological polar surface area (TPSA) is 46.5 Å². The number of aliphatic carboxylic acids is 1. The van der Waals surface area contributed by atoms with Gasteiger partial charge in [-0.2, -0.15) is 0 Å². The molecule has 1 aromatic rings. The van der Waals surface area contributed by atoms with Gasteiger partial charge in [0.25, 0.3) is 0 Å². The van der Waals surface area contributed by atoms with Crippen molar-refractivity contribution in [3.05, 3.63) is 48.3 Å². The van der Waals surface area contributed by atoms with Crippen molar-refractivity contribution >= 4 is 5.97 Å². The first-order valence-corrected chi connectivity index (χ1v) is 4.36. The van der Waals surface area contributed by atoms with Crippen LogP contribution in [0.25, 0.3) is 0 Å². The Kier molecular flexibility index (Phi) is 4.00. The Balaban J connectivity index is 2.93. The van der Waals surface area contributed by atoms with Crippen molar-refractivity contribution in [1.82, 2.24) is 0 Å². The van der Waals surface area contributed by atoms with Gasteiger partial charge in [-0.1, -0.05) is 24.3 Å². The number of carboxylic acid groups (broad SMARTS) is 1. The quantitative estimate of drug-likeness (QED) is 0.757. The lowest BCUT2D eigenvalue weighted by molar-refractivity contribution is -0.150. The van der Waals surface area contributed by atoms with Gasteiger partial charge in [0.15, 0.2) is 6.10 Å². The number of hydrogen-bond acceptors (Lipinski definition) is 2. The van der Waals surface area contributed by atoms with E-state index < -0.39 is 17.9 Å². The molecule has 1 unspecified atom stereocenters. The minimum absolute atomic E-state index is 0.0202. The number of hydrogen-bond donors (Lipinski definition) is 1. The summed E-state index contributed by atoms with van der Waals surface area (Å²) in [5, 5.41) is 8.85. The maximum absolute atomic E-state index is 13.3. The van der Waals surface area contributed by atoms with E-state index in [1.807, 2.05) is 0 Å². The van der Waals surface area contributed by atoms with Crippen molar-refractivity contribution in [2.75, 3.05) is 6.61 Å². The third-order valence-electron chi connectivity index (χ3n) is 1.79. The highest BCUT2D eigenvalue weighted by Crippen LogP contribution is 2.20. The second-order valence-electron chi connectivity index (χ2n) is 2.86. The second-order valence-corrected chi connectivity index (χ2v) is 2.86. The molecule has 1 N–H and O–H groups in total. The molecule has 1 atom stereocenters.